The summed E-state index contributed by atoms with van der Waals surface area (Å²) in [6, 6.07) is 6.26. The van der Waals surface area contributed by atoms with Crippen LogP contribution in [0.4, 0.5) is 5.82 Å². The first-order valence-electron chi connectivity index (χ1n) is 8.61. The van der Waals surface area contributed by atoms with Crippen molar-refractivity contribution in [1.29, 1.82) is 0 Å². The van der Waals surface area contributed by atoms with E-state index in [4.69, 9.17) is 0 Å². The highest BCUT2D eigenvalue weighted by atomic mass is 32.2. The van der Waals surface area contributed by atoms with Crippen molar-refractivity contribution in [2.24, 2.45) is 0 Å². The molecular weight excluding hydrogens is 368 g/mol. The first-order valence-corrected chi connectivity index (χ1v) is 10.3. The van der Waals surface area contributed by atoms with Crippen LogP contribution in [-0.4, -0.2) is 42.5 Å². The van der Waals surface area contributed by atoms with Gasteiger partial charge >= 0.3 is 0 Å². The van der Waals surface area contributed by atoms with Gasteiger partial charge in [-0.2, -0.15) is 5.10 Å². The van der Waals surface area contributed by atoms with Gasteiger partial charge in [0.2, 0.25) is 21.3 Å². The van der Waals surface area contributed by atoms with E-state index in [0.29, 0.717) is 29.9 Å². The number of aryl methyl sites for hydroxylation is 2. The van der Waals surface area contributed by atoms with Crippen LogP contribution in [0.5, 0.6) is 0 Å². The zero-order chi connectivity index (χ0) is 20.2. The lowest BCUT2D eigenvalue weighted by Crippen LogP contribution is -2.30. The minimum Gasteiger partial charge on any atom is -0.339 e. The summed E-state index contributed by atoms with van der Waals surface area (Å²) >= 11 is 0. The maximum Gasteiger partial charge on any atom is 0.253 e. The summed E-state index contributed by atoms with van der Waals surface area (Å²) in [6.07, 6.45) is 0. The van der Waals surface area contributed by atoms with Crippen molar-refractivity contribution in [3.63, 3.8) is 0 Å². The first-order chi connectivity index (χ1) is 12.6. The van der Waals surface area contributed by atoms with Gasteiger partial charge < -0.3 is 4.90 Å². The van der Waals surface area contributed by atoms with Gasteiger partial charge in [-0.05, 0) is 45.4 Å². The first kappa shape index (κ1) is 20.6. The molecule has 0 aliphatic carbocycles. The molecule has 0 saturated heterocycles. The summed E-state index contributed by atoms with van der Waals surface area (Å²) in [7, 11) is -3.87. The topological polar surface area (TPSA) is 112 Å². The number of H-pyrrole nitrogens is 1. The number of carbonyl (C=O) groups is 1. The molecule has 0 unspecified atom stereocenters. The Morgan fingerprint density at radius 1 is 1.15 bits per heavy atom. The summed E-state index contributed by atoms with van der Waals surface area (Å²) in [4.78, 5) is 26.1. The van der Waals surface area contributed by atoms with E-state index < -0.39 is 15.5 Å². The highest BCUT2D eigenvalue weighted by molar-refractivity contribution is 7.91. The van der Waals surface area contributed by atoms with E-state index in [0.717, 1.165) is 5.56 Å². The molecule has 1 aromatic heterocycles. The summed E-state index contributed by atoms with van der Waals surface area (Å²) in [5.41, 5.74) is 1.69. The summed E-state index contributed by atoms with van der Waals surface area (Å²) in [5, 5.41) is 6.28. The summed E-state index contributed by atoms with van der Waals surface area (Å²) in [5.74, 6) is -0.804. The molecule has 0 bridgehead atoms. The summed E-state index contributed by atoms with van der Waals surface area (Å²) < 4.78 is 27.1. The van der Waals surface area contributed by atoms with Crippen LogP contribution in [0.15, 0.2) is 29.1 Å². The van der Waals surface area contributed by atoms with E-state index in [1.54, 1.807) is 36.9 Å². The molecule has 1 heterocycles. The number of aromatic amines is 1. The van der Waals surface area contributed by atoms with Crippen LogP contribution in [0.25, 0.3) is 0 Å². The third-order valence-corrected chi connectivity index (χ3v) is 5.19. The van der Waals surface area contributed by atoms with Crippen molar-refractivity contribution in [1.82, 2.24) is 15.1 Å². The van der Waals surface area contributed by atoms with E-state index >= 15 is 0 Å². The molecule has 2 N–H and O–H groups in total. The Morgan fingerprint density at radius 2 is 1.81 bits per heavy atom. The van der Waals surface area contributed by atoms with Crippen LogP contribution in [0.1, 0.15) is 41.0 Å². The Kier molecular flexibility index (Phi) is 6.37. The number of sulfonamides is 1. The van der Waals surface area contributed by atoms with E-state index in [2.05, 4.69) is 14.9 Å². The number of amides is 1. The van der Waals surface area contributed by atoms with Crippen molar-refractivity contribution in [3.8, 4) is 0 Å². The Bertz CT molecular complexity index is 995. The second-order valence-electron chi connectivity index (χ2n) is 6.31. The van der Waals surface area contributed by atoms with E-state index in [1.165, 1.54) is 6.07 Å². The standard InChI is InChI=1S/C18H24N4O4S/c1-5-22(6-2)18(24)15-8-12(3)7-14(10-15)11-27(25,26)21-17-16(23)9-13(4)19-20-17/h7-10H,5-6,11H2,1-4H3,(H,19,23)(H,20,21). The second kappa shape index (κ2) is 8.34. The fourth-order valence-corrected chi connectivity index (χ4v) is 3.85. The number of nitrogens with one attached hydrogen (secondary N) is 2. The Morgan fingerprint density at radius 3 is 2.41 bits per heavy atom. The number of rotatable bonds is 7. The molecule has 2 rings (SSSR count). The van der Waals surface area contributed by atoms with Gasteiger partial charge in [0.25, 0.3) is 5.91 Å². The number of anilines is 1. The van der Waals surface area contributed by atoms with E-state index in [-0.39, 0.29) is 17.5 Å². The highest BCUT2D eigenvalue weighted by Crippen LogP contribution is 2.15. The fourth-order valence-electron chi connectivity index (χ4n) is 2.74. The van der Waals surface area contributed by atoms with Gasteiger partial charge in [-0.3, -0.25) is 19.4 Å². The molecular formula is C18H24N4O4S. The largest absolute Gasteiger partial charge is 0.339 e. The molecule has 0 fully saturated rings. The van der Waals surface area contributed by atoms with Crippen LogP contribution in [0.2, 0.25) is 0 Å². The van der Waals surface area contributed by atoms with E-state index in [1.807, 2.05) is 13.8 Å². The third-order valence-electron chi connectivity index (χ3n) is 3.97. The molecule has 2 aromatic rings. The number of hydrogen-bond acceptors (Lipinski definition) is 5. The molecule has 0 aliphatic heterocycles. The van der Waals surface area contributed by atoms with Gasteiger partial charge in [0, 0.05) is 30.4 Å². The zero-order valence-electron chi connectivity index (χ0n) is 15.9. The maximum absolute atomic E-state index is 12.5. The van der Waals surface area contributed by atoms with Crippen LogP contribution in [0.3, 0.4) is 0 Å². The molecule has 0 atom stereocenters. The molecule has 0 aliphatic rings. The molecule has 0 spiro atoms. The molecule has 1 amide bonds. The van der Waals surface area contributed by atoms with Gasteiger partial charge in [0.15, 0.2) is 0 Å². The average Bonchev–Trinajstić information content (AvgIpc) is 2.57. The molecule has 9 heteroatoms. The molecule has 27 heavy (non-hydrogen) atoms. The Balaban J connectivity index is 2.28. The number of hydrogen-bond donors (Lipinski definition) is 2. The van der Waals surface area contributed by atoms with Gasteiger partial charge in [0.05, 0.1) is 5.75 Å². The number of nitrogens with zero attached hydrogens (tertiary/aromatic N) is 2. The van der Waals surface area contributed by atoms with Crippen molar-refractivity contribution >= 4 is 21.7 Å². The average molecular weight is 392 g/mol. The summed E-state index contributed by atoms with van der Waals surface area (Å²) in [6.45, 7) is 8.36. The van der Waals surface area contributed by atoms with Crippen molar-refractivity contribution in [3.05, 3.63) is 56.9 Å². The number of aromatic nitrogens is 2. The lowest BCUT2D eigenvalue weighted by molar-refractivity contribution is 0.0772. The predicted octanol–water partition coefficient (Wildman–Crippen LogP) is 1.81. The van der Waals surface area contributed by atoms with Gasteiger partial charge in [-0.25, -0.2) is 8.42 Å². The van der Waals surface area contributed by atoms with Gasteiger partial charge in [-0.1, -0.05) is 11.6 Å². The molecule has 1 aromatic carbocycles. The van der Waals surface area contributed by atoms with Crippen molar-refractivity contribution in [2.45, 2.75) is 33.4 Å². The Labute approximate surface area is 158 Å². The zero-order valence-corrected chi connectivity index (χ0v) is 16.7. The number of carbonyl (C=O) groups excluding carboxylic acids is 1. The lowest BCUT2D eigenvalue weighted by Gasteiger charge is -2.19. The molecule has 0 saturated carbocycles. The fraction of sp³-hybridized carbons (Fsp3) is 0.389. The highest BCUT2D eigenvalue weighted by Gasteiger charge is 2.18. The lowest BCUT2D eigenvalue weighted by atomic mass is 10.1. The molecule has 8 nitrogen and oxygen atoms in total. The monoisotopic (exact) mass is 392 g/mol. The van der Waals surface area contributed by atoms with Crippen LogP contribution in [0, 0.1) is 13.8 Å². The van der Waals surface area contributed by atoms with Crippen LogP contribution < -0.4 is 10.2 Å². The SMILES string of the molecule is CCN(CC)C(=O)c1cc(C)cc(CS(=O)(=O)Nc2n[nH]c(C)cc2=O)c1. The minimum absolute atomic E-state index is 0.146. The smallest absolute Gasteiger partial charge is 0.253 e. The molecule has 0 radical (unpaired) electrons. The predicted molar refractivity (Wildman–Crippen MR) is 104 cm³/mol. The minimum atomic E-state index is -3.87. The van der Waals surface area contributed by atoms with E-state index in [9.17, 15) is 18.0 Å². The van der Waals surface area contributed by atoms with Crippen LogP contribution in [-0.2, 0) is 15.8 Å². The second-order valence-corrected chi connectivity index (χ2v) is 8.03. The normalized spacial score (nSPS) is 11.3. The quantitative estimate of drug-likeness (QED) is 0.746. The van der Waals surface area contributed by atoms with Gasteiger partial charge in [-0.15, -0.1) is 0 Å². The maximum atomic E-state index is 12.5. The van der Waals surface area contributed by atoms with Crippen LogP contribution >= 0.6 is 0 Å². The molecule has 146 valence electrons. The van der Waals surface area contributed by atoms with Crippen molar-refractivity contribution < 1.29 is 13.2 Å². The third kappa shape index (κ3) is 5.40. The van der Waals surface area contributed by atoms with Gasteiger partial charge in [0.1, 0.15) is 0 Å². The number of benzene rings is 1. The van der Waals surface area contributed by atoms with Crippen molar-refractivity contribution in [2.75, 3.05) is 17.8 Å². The Hall–Kier alpha value is -2.68.